The molecular weight excluding hydrogens is 412 g/mol. The summed E-state index contributed by atoms with van der Waals surface area (Å²) in [4.78, 5) is 5.12. The molecule has 0 saturated carbocycles. The Kier molecular flexibility index (Phi) is 5.52. The van der Waals surface area contributed by atoms with Gasteiger partial charge in [-0.1, -0.05) is 6.07 Å². The first kappa shape index (κ1) is 20.9. The Balaban J connectivity index is 1.34. The molecule has 0 atom stereocenters. The molecule has 2 N–H and O–H groups in total. The maximum atomic E-state index is 13.1. The smallest absolute Gasteiger partial charge is 0.278 e. The molecule has 168 valence electrons. The van der Waals surface area contributed by atoms with Crippen LogP contribution < -0.4 is 5.32 Å². The monoisotopic (exact) mass is 444 g/mol. The minimum Gasteiger partial charge on any atom is -0.324 e. The van der Waals surface area contributed by atoms with Gasteiger partial charge in [-0.15, -0.1) is 10.2 Å². The molecule has 3 aliphatic rings. The zero-order chi connectivity index (χ0) is 21.6. The summed E-state index contributed by atoms with van der Waals surface area (Å²) < 4.78 is 27.8. The van der Waals surface area contributed by atoms with Crippen molar-refractivity contribution in [1.82, 2.24) is 24.4 Å². The number of nitrogens with zero attached hydrogens (tertiary/aromatic N) is 4. The third-order valence-corrected chi connectivity index (χ3v) is 8.68. The number of nitrogens with one attached hydrogen (secondary N) is 2. The first-order chi connectivity index (χ1) is 14.9. The predicted molar refractivity (Wildman–Crippen MR) is 120 cm³/mol. The van der Waals surface area contributed by atoms with Crippen molar-refractivity contribution >= 4 is 21.7 Å². The SMILES string of the molecule is CN(C)CC1CCN(S(=O)(=O)c2nnc(Nc3c4c(cc5c3CCC5)CCC4)[nH]2)CC1. The maximum Gasteiger partial charge on any atom is 0.278 e. The maximum absolute atomic E-state index is 13.1. The van der Waals surface area contributed by atoms with Gasteiger partial charge in [-0.05, 0) is 93.6 Å². The van der Waals surface area contributed by atoms with Gasteiger partial charge in [0.15, 0.2) is 0 Å². The molecule has 1 aliphatic heterocycles. The average molecular weight is 445 g/mol. The van der Waals surface area contributed by atoms with Crippen molar-refractivity contribution in [3.8, 4) is 0 Å². The van der Waals surface area contributed by atoms with Gasteiger partial charge in [-0.2, -0.15) is 4.31 Å². The molecule has 1 aromatic heterocycles. The molecule has 2 aromatic rings. The van der Waals surface area contributed by atoms with Crippen LogP contribution in [0, 0.1) is 5.92 Å². The molecule has 1 fully saturated rings. The van der Waals surface area contributed by atoms with Crippen LogP contribution in [0.1, 0.15) is 47.9 Å². The molecule has 2 heterocycles. The van der Waals surface area contributed by atoms with E-state index in [-0.39, 0.29) is 5.16 Å². The van der Waals surface area contributed by atoms with Crippen molar-refractivity contribution in [2.24, 2.45) is 5.92 Å². The van der Waals surface area contributed by atoms with Crippen molar-refractivity contribution in [2.75, 3.05) is 39.0 Å². The fraction of sp³-hybridized carbons (Fsp3) is 0.636. The van der Waals surface area contributed by atoms with Crippen LogP contribution in [0.15, 0.2) is 11.2 Å². The summed E-state index contributed by atoms with van der Waals surface area (Å²) in [5.41, 5.74) is 6.72. The van der Waals surface area contributed by atoms with Gasteiger partial charge < -0.3 is 10.2 Å². The van der Waals surface area contributed by atoms with Crippen LogP contribution in [0.25, 0.3) is 0 Å². The number of rotatable bonds is 6. The Morgan fingerprint density at radius 3 is 2.32 bits per heavy atom. The number of piperidine rings is 1. The van der Waals surface area contributed by atoms with E-state index in [0.717, 1.165) is 50.8 Å². The van der Waals surface area contributed by atoms with E-state index in [1.165, 1.54) is 35.1 Å². The summed E-state index contributed by atoms with van der Waals surface area (Å²) in [5.74, 6) is 0.950. The van der Waals surface area contributed by atoms with Crippen molar-refractivity contribution in [1.29, 1.82) is 0 Å². The fourth-order valence-corrected chi connectivity index (χ4v) is 6.78. The van der Waals surface area contributed by atoms with Crippen LogP contribution in [-0.2, 0) is 35.7 Å². The van der Waals surface area contributed by atoms with Gasteiger partial charge in [0, 0.05) is 25.3 Å². The molecule has 0 radical (unpaired) electrons. The minimum atomic E-state index is -3.66. The summed E-state index contributed by atoms with van der Waals surface area (Å²) in [7, 11) is 0.461. The minimum absolute atomic E-state index is 0.0646. The van der Waals surface area contributed by atoms with Gasteiger partial charge in [0.2, 0.25) is 5.95 Å². The zero-order valence-corrected chi connectivity index (χ0v) is 19.3. The van der Waals surface area contributed by atoms with E-state index >= 15 is 0 Å². The number of anilines is 2. The number of benzene rings is 1. The predicted octanol–water partition coefficient (Wildman–Crippen LogP) is 2.49. The molecule has 31 heavy (non-hydrogen) atoms. The molecule has 2 aliphatic carbocycles. The molecule has 1 saturated heterocycles. The highest BCUT2D eigenvalue weighted by Crippen LogP contribution is 2.39. The van der Waals surface area contributed by atoms with E-state index in [0.29, 0.717) is 25.0 Å². The van der Waals surface area contributed by atoms with Gasteiger partial charge in [0.1, 0.15) is 0 Å². The summed E-state index contributed by atoms with van der Waals surface area (Å²) in [6, 6.07) is 2.38. The quantitative estimate of drug-likeness (QED) is 0.711. The van der Waals surface area contributed by atoms with Crippen LogP contribution in [0.5, 0.6) is 0 Å². The molecule has 0 unspecified atom stereocenters. The second-order valence-electron chi connectivity index (χ2n) is 9.45. The standard InChI is InChI=1S/C22H32N6O2S/c1-27(2)14-15-9-11-28(12-10-15)31(29,30)22-24-21(25-26-22)23-20-18-7-3-5-16(18)13-17-6-4-8-19(17)20/h13,15H,3-12,14H2,1-2H3,(H2,23,24,25,26). The number of fused-ring (bicyclic) bond motifs is 2. The first-order valence-corrected chi connectivity index (χ1v) is 12.9. The molecule has 5 rings (SSSR count). The number of aromatic amines is 1. The van der Waals surface area contributed by atoms with Gasteiger partial charge in [0.05, 0.1) is 0 Å². The Morgan fingerprint density at radius 2 is 1.71 bits per heavy atom. The van der Waals surface area contributed by atoms with E-state index in [2.05, 4.69) is 45.6 Å². The Morgan fingerprint density at radius 1 is 1.06 bits per heavy atom. The number of hydrogen-bond donors (Lipinski definition) is 2. The van der Waals surface area contributed by atoms with Gasteiger partial charge in [-0.3, -0.25) is 4.98 Å². The summed E-state index contributed by atoms with van der Waals surface area (Å²) in [5, 5.41) is 11.5. The molecular formula is C22H32N6O2S. The molecule has 0 spiro atoms. The summed E-state index contributed by atoms with van der Waals surface area (Å²) in [6.45, 7) is 2.06. The Labute approximate surface area is 184 Å². The lowest BCUT2D eigenvalue weighted by Gasteiger charge is -2.31. The van der Waals surface area contributed by atoms with Gasteiger partial charge in [0.25, 0.3) is 15.2 Å². The summed E-state index contributed by atoms with van der Waals surface area (Å²) in [6.07, 6.45) is 8.46. The average Bonchev–Trinajstić information content (AvgIpc) is 3.48. The lowest BCUT2D eigenvalue weighted by Crippen LogP contribution is -2.40. The number of sulfonamides is 1. The van der Waals surface area contributed by atoms with E-state index in [9.17, 15) is 8.42 Å². The fourth-order valence-electron chi connectivity index (χ4n) is 5.48. The molecule has 9 heteroatoms. The lowest BCUT2D eigenvalue weighted by molar-refractivity contribution is 0.224. The van der Waals surface area contributed by atoms with Gasteiger partial charge >= 0.3 is 0 Å². The van der Waals surface area contributed by atoms with E-state index < -0.39 is 10.0 Å². The molecule has 0 bridgehead atoms. The highest BCUT2D eigenvalue weighted by Gasteiger charge is 2.32. The largest absolute Gasteiger partial charge is 0.324 e. The van der Waals surface area contributed by atoms with Crippen LogP contribution in [-0.4, -0.2) is 66.5 Å². The van der Waals surface area contributed by atoms with Crippen molar-refractivity contribution in [2.45, 2.75) is 56.5 Å². The van der Waals surface area contributed by atoms with Crippen LogP contribution in [0.2, 0.25) is 0 Å². The number of aromatic nitrogens is 3. The number of H-pyrrole nitrogens is 1. The third kappa shape index (κ3) is 3.99. The number of aryl methyl sites for hydroxylation is 2. The molecule has 1 aromatic carbocycles. The van der Waals surface area contributed by atoms with Crippen molar-refractivity contribution < 1.29 is 8.42 Å². The second-order valence-corrected chi connectivity index (χ2v) is 11.3. The lowest BCUT2D eigenvalue weighted by atomic mass is 9.98. The van der Waals surface area contributed by atoms with Crippen LogP contribution in [0.4, 0.5) is 11.6 Å². The topological polar surface area (TPSA) is 94.2 Å². The Bertz CT molecular complexity index is 1040. The first-order valence-electron chi connectivity index (χ1n) is 11.4. The zero-order valence-electron chi connectivity index (χ0n) is 18.4. The van der Waals surface area contributed by atoms with Crippen LogP contribution in [0.3, 0.4) is 0 Å². The third-order valence-electron chi connectivity index (χ3n) is 6.96. The number of hydrogen-bond acceptors (Lipinski definition) is 6. The van der Waals surface area contributed by atoms with E-state index in [1.807, 2.05) is 0 Å². The molecule has 8 nitrogen and oxygen atoms in total. The highest BCUT2D eigenvalue weighted by molar-refractivity contribution is 7.88. The van der Waals surface area contributed by atoms with E-state index in [4.69, 9.17) is 0 Å². The second kappa shape index (κ2) is 8.18. The normalized spacial score (nSPS) is 19.7. The van der Waals surface area contributed by atoms with Crippen molar-refractivity contribution in [3.63, 3.8) is 0 Å². The van der Waals surface area contributed by atoms with Crippen molar-refractivity contribution in [3.05, 3.63) is 28.3 Å². The Hall–Kier alpha value is -1.97. The summed E-state index contributed by atoms with van der Waals surface area (Å²) >= 11 is 0. The highest BCUT2D eigenvalue weighted by atomic mass is 32.2. The van der Waals surface area contributed by atoms with E-state index in [1.54, 1.807) is 4.31 Å². The van der Waals surface area contributed by atoms with Crippen LogP contribution >= 0.6 is 0 Å². The molecule has 0 amide bonds. The van der Waals surface area contributed by atoms with Gasteiger partial charge in [-0.25, -0.2) is 8.42 Å².